The van der Waals surface area contributed by atoms with Crippen LogP contribution in [0.3, 0.4) is 0 Å². The van der Waals surface area contributed by atoms with Crippen LogP contribution in [0.2, 0.25) is 5.02 Å². The molecule has 0 aliphatic carbocycles. The average molecular weight is 257 g/mol. The Labute approximate surface area is 109 Å². The normalized spacial score (nSPS) is 12.5. The van der Waals surface area contributed by atoms with Gasteiger partial charge in [-0.1, -0.05) is 18.5 Å². The van der Waals surface area contributed by atoms with Crippen molar-refractivity contribution in [2.75, 3.05) is 27.2 Å². The van der Waals surface area contributed by atoms with Crippen LogP contribution in [0.4, 0.5) is 0 Å². The fraction of sp³-hybridized carbons (Fsp3) is 0.538. The number of hydrogen-bond donors (Lipinski definition) is 2. The van der Waals surface area contributed by atoms with Crippen molar-refractivity contribution in [3.8, 4) is 5.75 Å². The Bertz CT molecular complexity index is 369. The van der Waals surface area contributed by atoms with Crippen molar-refractivity contribution in [3.05, 3.63) is 28.3 Å². The van der Waals surface area contributed by atoms with Gasteiger partial charge in [-0.2, -0.15) is 0 Å². The lowest BCUT2D eigenvalue weighted by molar-refractivity contribution is 0.396. The van der Waals surface area contributed by atoms with E-state index in [1.54, 1.807) is 7.11 Å². The lowest BCUT2D eigenvalue weighted by atomic mass is 10.0. The van der Waals surface area contributed by atoms with E-state index < -0.39 is 0 Å². The van der Waals surface area contributed by atoms with Crippen LogP contribution in [0.15, 0.2) is 12.1 Å². The van der Waals surface area contributed by atoms with E-state index in [1.807, 2.05) is 26.1 Å². The molecule has 0 bridgehead atoms. The van der Waals surface area contributed by atoms with Crippen molar-refractivity contribution in [2.45, 2.75) is 19.9 Å². The molecule has 1 rings (SSSR count). The van der Waals surface area contributed by atoms with E-state index in [4.69, 9.17) is 16.3 Å². The minimum absolute atomic E-state index is 0.197. The van der Waals surface area contributed by atoms with Gasteiger partial charge in [0.15, 0.2) is 0 Å². The van der Waals surface area contributed by atoms with Gasteiger partial charge in [0.2, 0.25) is 0 Å². The summed E-state index contributed by atoms with van der Waals surface area (Å²) in [6.45, 7) is 5.89. The van der Waals surface area contributed by atoms with Gasteiger partial charge in [-0.15, -0.1) is 0 Å². The summed E-state index contributed by atoms with van der Waals surface area (Å²) in [5.74, 6) is 0.909. The van der Waals surface area contributed by atoms with Crippen LogP contribution in [0, 0.1) is 6.92 Å². The maximum absolute atomic E-state index is 6.11. The Balaban J connectivity index is 3.07. The zero-order chi connectivity index (χ0) is 12.8. The van der Waals surface area contributed by atoms with Crippen LogP contribution in [0.5, 0.6) is 5.75 Å². The van der Waals surface area contributed by atoms with Gasteiger partial charge < -0.3 is 15.4 Å². The van der Waals surface area contributed by atoms with Crippen LogP contribution in [0.1, 0.15) is 24.1 Å². The van der Waals surface area contributed by atoms with Crippen molar-refractivity contribution >= 4 is 11.6 Å². The standard InChI is InChI=1S/C13H21ClN2O/c1-5-16-8-12(15-3)11-7-10(14)6-9(2)13(11)17-4/h6-7,12,15-16H,5,8H2,1-4H3. The first-order valence-electron chi connectivity index (χ1n) is 5.86. The van der Waals surface area contributed by atoms with Gasteiger partial charge >= 0.3 is 0 Å². The van der Waals surface area contributed by atoms with Gasteiger partial charge in [-0.3, -0.25) is 0 Å². The summed E-state index contributed by atoms with van der Waals surface area (Å²) in [6, 6.07) is 4.08. The van der Waals surface area contributed by atoms with Gasteiger partial charge in [-0.05, 0) is 38.2 Å². The molecule has 0 aliphatic heterocycles. The van der Waals surface area contributed by atoms with Crippen molar-refractivity contribution in [1.82, 2.24) is 10.6 Å². The Morgan fingerprint density at radius 1 is 1.41 bits per heavy atom. The molecule has 2 N–H and O–H groups in total. The summed E-state index contributed by atoms with van der Waals surface area (Å²) in [6.07, 6.45) is 0. The van der Waals surface area contributed by atoms with Gasteiger partial charge in [-0.25, -0.2) is 0 Å². The van der Waals surface area contributed by atoms with Crippen LogP contribution in [-0.2, 0) is 0 Å². The minimum Gasteiger partial charge on any atom is -0.496 e. The largest absolute Gasteiger partial charge is 0.496 e. The number of benzene rings is 1. The first kappa shape index (κ1) is 14.3. The monoisotopic (exact) mass is 256 g/mol. The molecular weight excluding hydrogens is 236 g/mol. The summed E-state index contributed by atoms with van der Waals surface area (Å²) in [4.78, 5) is 0. The average Bonchev–Trinajstić information content (AvgIpc) is 2.29. The highest BCUT2D eigenvalue weighted by Crippen LogP contribution is 2.31. The van der Waals surface area contributed by atoms with Crippen LogP contribution < -0.4 is 15.4 Å². The number of rotatable bonds is 6. The number of methoxy groups -OCH3 is 1. The molecule has 96 valence electrons. The molecule has 0 fully saturated rings. The third-order valence-corrected chi connectivity index (χ3v) is 3.01. The molecule has 0 radical (unpaired) electrons. The molecule has 4 heteroatoms. The summed E-state index contributed by atoms with van der Waals surface area (Å²) < 4.78 is 5.47. The third-order valence-electron chi connectivity index (χ3n) is 2.79. The van der Waals surface area contributed by atoms with E-state index in [-0.39, 0.29) is 6.04 Å². The predicted molar refractivity (Wildman–Crippen MR) is 73.1 cm³/mol. The van der Waals surface area contributed by atoms with Gasteiger partial charge in [0.1, 0.15) is 5.75 Å². The second-order valence-electron chi connectivity index (χ2n) is 3.99. The molecule has 0 aliphatic rings. The number of ether oxygens (including phenoxy) is 1. The smallest absolute Gasteiger partial charge is 0.126 e. The van der Waals surface area contributed by atoms with Gasteiger partial charge in [0.25, 0.3) is 0 Å². The molecule has 3 nitrogen and oxygen atoms in total. The SMILES string of the molecule is CCNCC(NC)c1cc(Cl)cc(C)c1OC. The molecule has 0 heterocycles. The number of halogens is 1. The van der Waals surface area contributed by atoms with Gasteiger partial charge in [0, 0.05) is 23.2 Å². The molecule has 1 aromatic carbocycles. The fourth-order valence-corrected chi connectivity index (χ4v) is 2.23. The lowest BCUT2D eigenvalue weighted by Crippen LogP contribution is -2.29. The van der Waals surface area contributed by atoms with E-state index in [1.165, 1.54) is 0 Å². The first-order valence-corrected chi connectivity index (χ1v) is 6.23. The van der Waals surface area contributed by atoms with E-state index in [9.17, 15) is 0 Å². The molecule has 17 heavy (non-hydrogen) atoms. The van der Waals surface area contributed by atoms with E-state index in [0.717, 1.165) is 35.0 Å². The Morgan fingerprint density at radius 3 is 2.65 bits per heavy atom. The summed E-state index contributed by atoms with van der Waals surface area (Å²) >= 11 is 6.11. The predicted octanol–water partition coefficient (Wildman–Crippen LogP) is 2.53. The van der Waals surface area contributed by atoms with Crippen LogP contribution in [-0.4, -0.2) is 27.2 Å². The number of likely N-dealkylation sites (N-methyl/N-ethyl adjacent to an activating group) is 2. The zero-order valence-corrected chi connectivity index (χ0v) is 11.7. The van der Waals surface area contributed by atoms with E-state index in [0.29, 0.717) is 0 Å². The van der Waals surface area contributed by atoms with Crippen molar-refractivity contribution < 1.29 is 4.74 Å². The lowest BCUT2D eigenvalue weighted by Gasteiger charge is -2.21. The molecule has 0 amide bonds. The second kappa shape index (κ2) is 6.84. The molecule has 0 aromatic heterocycles. The molecule has 0 spiro atoms. The highest BCUT2D eigenvalue weighted by molar-refractivity contribution is 6.30. The first-order chi connectivity index (χ1) is 8.13. The molecule has 0 saturated heterocycles. The quantitative estimate of drug-likeness (QED) is 0.821. The van der Waals surface area contributed by atoms with E-state index >= 15 is 0 Å². The highest BCUT2D eigenvalue weighted by atomic mass is 35.5. The maximum atomic E-state index is 6.11. The van der Waals surface area contributed by atoms with Crippen LogP contribution >= 0.6 is 11.6 Å². The number of aryl methyl sites for hydroxylation is 1. The minimum atomic E-state index is 0.197. The zero-order valence-electron chi connectivity index (χ0n) is 10.9. The van der Waals surface area contributed by atoms with Gasteiger partial charge in [0.05, 0.1) is 7.11 Å². The second-order valence-corrected chi connectivity index (χ2v) is 4.43. The summed E-state index contributed by atoms with van der Waals surface area (Å²) in [5.41, 5.74) is 2.16. The van der Waals surface area contributed by atoms with Crippen molar-refractivity contribution in [2.24, 2.45) is 0 Å². The molecule has 1 aromatic rings. The molecule has 1 unspecified atom stereocenters. The molecule has 0 saturated carbocycles. The summed E-state index contributed by atoms with van der Waals surface area (Å²) in [5, 5.41) is 7.35. The number of hydrogen-bond acceptors (Lipinski definition) is 3. The topological polar surface area (TPSA) is 33.3 Å². The Hall–Kier alpha value is -0.770. The van der Waals surface area contributed by atoms with Crippen molar-refractivity contribution in [1.29, 1.82) is 0 Å². The Morgan fingerprint density at radius 2 is 2.12 bits per heavy atom. The maximum Gasteiger partial charge on any atom is 0.126 e. The van der Waals surface area contributed by atoms with Crippen LogP contribution in [0.25, 0.3) is 0 Å². The molecular formula is C13H21ClN2O. The van der Waals surface area contributed by atoms with Crippen molar-refractivity contribution in [3.63, 3.8) is 0 Å². The third kappa shape index (κ3) is 3.60. The fourth-order valence-electron chi connectivity index (χ4n) is 1.95. The number of nitrogens with one attached hydrogen (secondary N) is 2. The Kier molecular flexibility index (Phi) is 5.75. The molecule has 1 atom stereocenters. The van der Waals surface area contributed by atoms with E-state index in [2.05, 4.69) is 17.6 Å². The highest BCUT2D eigenvalue weighted by Gasteiger charge is 2.16. The summed E-state index contributed by atoms with van der Waals surface area (Å²) in [7, 11) is 3.64.